The van der Waals surface area contributed by atoms with Gasteiger partial charge >= 0.3 is 0 Å². The first kappa shape index (κ1) is 16.0. The standard InChI is InChI=1S/C18H22N6O/c1-18(2,25)14-11-24(10-9-19-14)15-7-3-6-13(21-15)16-12-5-4-8-20-17(12)23-22-16/h3-8,14,19,25H,9-11H2,1-2H3,(H,20,22,23)/t14-/m1/s1. The summed E-state index contributed by atoms with van der Waals surface area (Å²) in [5.41, 5.74) is 1.63. The minimum atomic E-state index is -0.776. The van der Waals surface area contributed by atoms with Crippen molar-refractivity contribution in [2.75, 3.05) is 24.5 Å². The second-order valence-corrected chi connectivity index (χ2v) is 6.96. The molecule has 0 aromatic carbocycles. The number of H-pyrrole nitrogens is 1. The average molecular weight is 338 g/mol. The predicted octanol–water partition coefficient (Wildman–Crippen LogP) is 1.57. The van der Waals surface area contributed by atoms with Crippen molar-refractivity contribution in [3.63, 3.8) is 0 Å². The zero-order valence-corrected chi connectivity index (χ0v) is 14.4. The van der Waals surface area contributed by atoms with Gasteiger partial charge < -0.3 is 15.3 Å². The molecule has 0 spiro atoms. The van der Waals surface area contributed by atoms with Crippen LogP contribution in [0.25, 0.3) is 22.4 Å². The molecule has 4 heterocycles. The fourth-order valence-electron chi connectivity index (χ4n) is 3.22. The zero-order valence-electron chi connectivity index (χ0n) is 14.4. The highest BCUT2D eigenvalue weighted by Crippen LogP contribution is 2.26. The molecule has 1 saturated heterocycles. The van der Waals surface area contributed by atoms with Crippen LogP contribution >= 0.6 is 0 Å². The molecule has 7 heteroatoms. The van der Waals surface area contributed by atoms with Crippen LogP contribution in [0, 0.1) is 0 Å². The van der Waals surface area contributed by atoms with Crippen LogP contribution < -0.4 is 10.2 Å². The Morgan fingerprint density at radius 1 is 1.24 bits per heavy atom. The topological polar surface area (TPSA) is 90.0 Å². The Labute approximate surface area is 146 Å². The highest BCUT2D eigenvalue weighted by atomic mass is 16.3. The van der Waals surface area contributed by atoms with Crippen LogP contribution in [0.3, 0.4) is 0 Å². The minimum absolute atomic E-state index is 0.00360. The van der Waals surface area contributed by atoms with Gasteiger partial charge in [0.05, 0.1) is 23.0 Å². The number of nitrogens with one attached hydrogen (secondary N) is 2. The van der Waals surface area contributed by atoms with Crippen LogP contribution in [0.15, 0.2) is 36.5 Å². The van der Waals surface area contributed by atoms with Crippen molar-refractivity contribution in [2.45, 2.75) is 25.5 Å². The summed E-state index contributed by atoms with van der Waals surface area (Å²) in [6, 6.07) is 9.87. The Kier molecular flexibility index (Phi) is 3.89. The number of aromatic amines is 1. The molecular formula is C18H22N6O. The molecule has 0 bridgehead atoms. The second kappa shape index (κ2) is 6.09. The number of hydrogen-bond donors (Lipinski definition) is 3. The van der Waals surface area contributed by atoms with Gasteiger partial charge in [0, 0.05) is 31.2 Å². The fourth-order valence-corrected chi connectivity index (χ4v) is 3.22. The largest absolute Gasteiger partial charge is 0.389 e. The summed E-state index contributed by atoms with van der Waals surface area (Å²) in [6.45, 7) is 6.06. The molecule has 3 aromatic rings. The van der Waals surface area contributed by atoms with Crippen molar-refractivity contribution in [3.8, 4) is 11.4 Å². The van der Waals surface area contributed by atoms with Crippen LogP contribution in [0.4, 0.5) is 5.82 Å². The molecule has 7 nitrogen and oxygen atoms in total. The van der Waals surface area contributed by atoms with Gasteiger partial charge in [-0.1, -0.05) is 6.07 Å². The molecule has 0 aliphatic carbocycles. The highest BCUT2D eigenvalue weighted by molar-refractivity contribution is 5.89. The first-order valence-electron chi connectivity index (χ1n) is 8.49. The molecular weight excluding hydrogens is 316 g/mol. The number of nitrogens with zero attached hydrogens (tertiary/aromatic N) is 4. The predicted molar refractivity (Wildman–Crippen MR) is 97.4 cm³/mol. The Bertz CT molecular complexity index is 884. The molecule has 0 saturated carbocycles. The maximum Gasteiger partial charge on any atom is 0.181 e. The van der Waals surface area contributed by atoms with E-state index < -0.39 is 5.60 Å². The van der Waals surface area contributed by atoms with E-state index in [1.807, 2.05) is 44.2 Å². The number of fused-ring (bicyclic) bond motifs is 1. The molecule has 3 N–H and O–H groups in total. The monoisotopic (exact) mass is 338 g/mol. The van der Waals surface area contributed by atoms with Gasteiger partial charge in [0.25, 0.3) is 0 Å². The van der Waals surface area contributed by atoms with E-state index >= 15 is 0 Å². The van der Waals surface area contributed by atoms with Crippen LogP contribution in [-0.4, -0.2) is 56.5 Å². The lowest BCUT2D eigenvalue weighted by Crippen LogP contribution is -2.59. The summed E-state index contributed by atoms with van der Waals surface area (Å²) in [4.78, 5) is 11.3. The number of anilines is 1. The maximum atomic E-state index is 10.3. The lowest BCUT2D eigenvalue weighted by atomic mass is 9.97. The summed E-state index contributed by atoms with van der Waals surface area (Å²) in [5.74, 6) is 0.903. The summed E-state index contributed by atoms with van der Waals surface area (Å²) in [7, 11) is 0. The van der Waals surface area contributed by atoms with Crippen molar-refractivity contribution in [1.29, 1.82) is 0 Å². The molecule has 130 valence electrons. The average Bonchev–Trinajstić information content (AvgIpc) is 3.05. The van der Waals surface area contributed by atoms with Gasteiger partial charge in [-0.25, -0.2) is 9.97 Å². The molecule has 0 amide bonds. The van der Waals surface area contributed by atoms with Gasteiger partial charge in [0.2, 0.25) is 0 Å². The summed E-state index contributed by atoms with van der Waals surface area (Å²) < 4.78 is 0. The van der Waals surface area contributed by atoms with Crippen molar-refractivity contribution >= 4 is 16.9 Å². The normalized spacial score (nSPS) is 18.7. The van der Waals surface area contributed by atoms with Crippen molar-refractivity contribution < 1.29 is 5.11 Å². The molecule has 4 rings (SSSR count). The quantitative estimate of drug-likeness (QED) is 0.672. The number of aliphatic hydroxyl groups is 1. The first-order chi connectivity index (χ1) is 12.0. The fraction of sp³-hybridized carbons (Fsp3) is 0.389. The van der Waals surface area contributed by atoms with Gasteiger partial charge in [-0.2, -0.15) is 5.10 Å². The van der Waals surface area contributed by atoms with Gasteiger partial charge in [-0.15, -0.1) is 0 Å². The Hall–Kier alpha value is -2.51. The molecule has 0 radical (unpaired) electrons. The Morgan fingerprint density at radius 2 is 2.12 bits per heavy atom. The van der Waals surface area contributed by atoms with Crippen LogP contribution in [0.1, 0.15) is 13.8 Å². The summed E-state index contributed by atoms with van der Waals surface area (Å²) in [5, 5.41) is 21.9. The Morgan fingerprint density at radius 3 is 2.96 bits per heavy atom. The van der Waals surface area contributed by atoms with E-state index in [1.165, 1.54) is 0 Å². The number of aromatic nitrogens is 4. The smallest absolute Gasteiger partial charge is 0.181 e. The third-order valence-electron chi connectivity index (χ3n) is 4.67. The van der Waals surface area contributed by atoms with Gasteiger partial charge in [-0.3, -0.25) is 5.10 Å². The lowest BCUT2D eigenvalue weighted by Gasteiger charge is -2.40. The van der Waals surface area contributed by atoms with Crippen molar-refractivity contribution in [3.05, 3.63) is 36.5 Å². The number of hydrogen-bond acceptors (Lipinski definition) is 6. The lowest BCUT2D eigenvalue weighted by molar-refractivity contribution is 0.0363. The molecule has 1 atom stereocenters. The van der Waals surface area contributed by atoms with Crippen LogP contribution in [0.2, 0.25) is 0 Å². The summed E-state index contributed by atoms with van der Waals surface area (Å²) >= 11 is 0. The van der Waals surface area contributed by atoms with E-state index in [-0.39, 0.29) is 6.04 Å². The van der Waals surface area contributed by atoms with E-state index in [1.54, 1.807) is 6.20 Å². The van der Waals surface area contributed by atoms with E-state index in [9.17, 15) is 5.11 Å². The van der Waals surface area contributed by atoms with Crippen molar-refractivity contribution in [2.24, 2.45) is 0 Å². The van der Waals surface area contributed by atoms with Crippen molar-refractivity contribution in [1.82, 2.24) is 25.5 Å². The number of rotatable bonds is 3. The molecule has 1 aliphatic rings. The molecule has 0 unspecified atom stereocenters. The zero-order chi connectivity index (χ0) is 17.4. The maximum absolute atomic E-state index is 10.3. The third-order valence-corrected chi connectivity index (χ3v) is 4.67. The van der Waals surface area contributed by atoms with Gasteiger partial charge in [-0.05, 0) is 38.1 Å². The molecule has 3 aromatic heterocycles. The van der Waals surface area contributed by atoms with Gasteiger partial charge in [0.1, 0.15) is 5.82 Å². The second-order valence-electron chi connectivity index (χ2n) is 6.96. The van der Waals surface area contributed by atoms with E-state index in [2.05, 4.69) is 25.4 Å². The minimum Gasteiger partial charge on any atom is -0.389 e. The Balaban J connectivity index is 1.66. The SMILES string of the molecule is CC(C)(O)[C@H]1CN(c2cccc(-c3[nH]nc4ncccc34)n2)CCN1. The van der Waals surface area contributed by atoms with Crippen LogP contribution in [-0.2, 0) is 0 Å². The van der Waals surface area contributed by atoms with Crippen LogP contribution in [0.5, 0.6) is 0 Å². The molecule has 1 fully saturated rings. The number of pyridine rings is 2. The first-order valence-corrected chi connectivity index (χ1v) is 8.49. The highest BCUT2D eigenvalue weighted by Gasteiger charge is 2.31. The third kappa shape index (κ3) is 3.08. The van der Waals surface area contributed by atoms with E-state index in [0.29, 0.717) is 12.2 Å². The number of piperazine rings is 1. The molecule has 25 heavy (non-hydrogen) atoms. The van der Waals surface area contributed by atoms with E-state index in [4.69, 9.17) is 4.98 Å². The summed E-state index contributed by atoms with van der Waals surface area (Å²) in [6.07, 6.45) is 1.73. The van der Waals surface area contributed by atoms with E-state index in [0.717, 1.165) is 35.7 Å². The molecule has 1 aliphatic heterocycles. The van der Waals surface area contributed by atoms with Gasteiger partial charge in [0.15, 0.2) is 5.65 Å².